The first kappa shape index (κ1) is 29.5. The second kappa shape index (κ2) is 16.1. The minimum absolute atomic E-state index is 0.0512. The van der Waals surface area contributed by atoms with Gasteiger partial charge in [0, 0.05) is 37.8 Å². The van der Waals surface area contributed by atoms with Crippen molar-refractivity contribution in [2.45, 2.75) is 93.1 Å². The van der Waals surface area contributed by atoms with Crippen LogP contribution in [0.25, 0.3) is 0 Å². The number of β-amino-alcohol motifs (C(OH)–C–C–N with tert-alkyl or cyclic N) is 1. The van der Waals surface area contributed by atoms with Gasteiger partial charge in [0.2, 0.25) is 5.91 Å². The molecule has 1 N–H and O–H groups in total. The fraction of sp³-hybridized carbons (Fsp3) is 0.741. The highest BCUT2D eigenvalue weighted by atomic mass is 16.3. The largest absolute Gasteiger partial charge is 0.391 e. The molecule has 2 heterocycles. The van der Waals surface area contributed by atoms with Crippen LogP contribution < -0.4 is 0 Å². The molecule has 2 saturated heterocycles. The van der Waals surface area contributed by atoms with E-state index < -0.39 is 0 Å². The van der Waals surface area contributed by atoms with Crippen LogP contribution in [0.3, 0.4) is 0 Å². The van der Waals surface area contributed by atoms with Gasteiger partial charge in [-0.25, -0.2) is 0 Å². The van der Waals surface area contributed by atoms with Crippen LogP contribution in [-0.4, -0.2) is 53.1 Å². The number of likely N-dealkylation sites (tertiary alicyclic amines) is 2. The Morgan fingerprint density at radius 3 is 2.39 bits per heavy atom. The number of unbranched alkanes of at least 4 members (excludes halogenated alkanes) is 1. The van der Waals surface area contributed by atoms with Crippen molar-refractivity contribution in [3.63, 3.8) is 0 Å². The summed E-state index contributed by atoms with van der Waals surface area (Å²) in [6, 6.07) is 0. The molecule has 0 aliphatic carbocycles. The summed E-state index contributed by atoms with van der Waals surface area (Å²) in [6.45, 7) is 26.3. The fourth-order valence-electron chi connectivity index (χ4n) is 3.88. The Hall–Kier alpha value is -1.55. The molecule has 2 rings (SSSR count). The Balaban J connectivity index is 0.000000564. The predicted molar refractivity (Wildman–Crippen MR) is 135 cm³/mol. The van der Waals surface area contributed by atoms with E-state index in [1.165, 1.54) is 36.1 Å². The number of hydrogen-bond donors (Lipinski definition) is 1. The van der Waals surface area contributed by atoms with Gasteiger partial charge in [-0.3, -0.25) is 4.79 Å². The third-order valence-electron chi connectivity index (χ3n) is 6.02. The van der Waals surface area contributed by atoms with Crippen LogP contribution in [0.2, 0.25) is 0 Å². The second-order valence-corrected chi connectivity index (χ2v) is 8.86. The van der Waals surface area contributed by atoms with Crippen molar-refractivity contribution in [3.8, 4) is 0 Å². The van der Waals surface area contributed by atoms with Crippen molar-refractivity contribution in [2.75, 3.05) is 26.2 Å². The molecule has 4 heteroatoms. The third-order valence-corrected chi connectivity index (χ3v) is 6.02. The van der Waals surface area contributed by atoms with E-state index in [0.717, 1.165) is 38.9 Å². The summed E-state index contributed by atoms with van der Waals surface area (Å²) < 4.78 is 0. The molecule has 0 spiro atoms. The van der Waals surface area contributed by atoms with Crippen LogP contribution in [0.15, 0.2) is 36.1 Å². The molecule has 1 amide bonds. The van der Waals surface area contributed by atoms with Gasteiger partial charge in [-0.15, -0.1) is 0 Å². The van der Waals surface area contributed by atoms with E-state index in [9.17, 15) is 9.90 Å². The van der Waals surface area contributed by atoms with Gasteiger partial charge in [0.05, 0.1) is 6.10 Å². The Morgan fingerprint density at radius 1 is 1.23 bits per heavy atom. The van der Waals surface area contributed by atoms with Crippen LogP contribution in [0.4, 0.5) is 0 Å². The molecule has 0 saturated carbocycles. The topological polar surface area (TPSA) is 43.8 Å². The number of amides is 1. The number of carbonyl (C=O) groups is 1. The van der Waals surface area contributed by atoms with Crippen molar-refractivity contribution in [1.29, 1.82) is 0 Å². The lowest BCUT2D eigenvalue weighted by molar-refractivity contribution is -0.137. The number of hydrogen-bond acceptors (Lipinski definition) is 3. The number of aliphatic hydroxyl groups is 1. The van der Waals surface area contributed by atoms with Gasteiger partial charge >= 0.3 is 0 Å². The zero-order valence-electron chi connectivity index (χ0n) is 21.5. The first-order valence-electron chi connectivity index (χ1n) is 12.4. The highest BCUT2D eigenvalue weighted by Crippen LogP contribution is 2.27. The molecule has 2 unspecified atom stereocenters. The summed E-state index contributed by atoms with van der Waals surface area (Å²) in [4.78, 5) is 15.7. The summed E-state index contributed by atoms with van der Waals surface area (Å²) in [5.74, 6) is 0.823. The third kappa shape index (κ3) is 10.5. The smallest absolute Gasteiger partial charge is 0.225 e. The minimum Gasteiger partial charge on any atom is -0.391 e. The highest BCUT2D eigenvalue weighted by Gasteiger charge is 2.23. The number of aliphatic hydroxyl groups excluding tert-OH is 1. The molecular weight excluding hydrogens is 384 g/mol. The molecule has 0 aromatic heterocycles. The van der Waals surface area contributed by atoms with Crippen molar-refractivity contribution in [2.24, 2.45) is 11.8 Å². The molecule has 0 aromatic carbocycles. The summed E-state index contributed by atoms with van der Waals surface area (Å²) >= 11 is 0. The van der Waals surface area contributed by atoms with Crippen molar-refractivity contribution in [1.82, 2.24) is 9.80 Å². The summed E-state index contributed by atoms with van der Waals surface area (Å²) in [5.41, 5.74) is 4.00. The quantitative estimate of drug-likeness (QED) is 0.542. The van der Waals surface area contributed by atoms with Crippen molar-refractivity contribution >= 4 is 5.91 Å². The van der Waals surface area contributed by atoms with E-state index in [1.807, 2.05) is 27.7 Å². The lowest BCUT2D eigenvalue weighted by Gasteiger charge is -2.35. The number of allylic oxidation sites excluding steroid dienone is 2. The Kier molecular flexibility index (Phi) is 15.3. The number of nitrogens with zero attached hydrogens (tertiary/aromatic N) is 2. The molecule has 0 aromatic rings. The molecule has 2 atom stereocenters. The normalized spacial score (nSPS) is 21.1. The fourth-order valence-corrected chi connectivity index (χ4v) is 3.88. The summed E-state index contributed by atoms with van der Waals surface area (Å²) in [6.07, 6.45) is 8.57. The number of rotatable bonds is 6. The first-order valence-corrected chi connectivity index (χ1v) is 12.4. The highest BCUT2D eigenvalue weighted by molar-refractivity contribution is 5.78. The van der Waals surface area contributed by atoms with Crippen LogP contribution in [0, 0.1) is 11.8 Å². The molecule has 2 fully saturated rings. The molecular formula is C27H50N2O2. The van der Waals surface area contributed by atoms with Crippen LogP contribution in [0.1, 0.15) is 87.0 Å². The lowest BCUT2D eigenvalue weighted by atomic mass is 9.95. The van der Waals surface area contributed by atoms with Gasteiger partial charge in [0.25, 0.3) is 0 Å². The molecule has 31 heavy (non-hydrogen) atoms. The lowest BCUT2D eigenvalue weighted by Crippen LogP contribution is -2.43. The van der Waals surface area contributed by atoms with Gasteiger partial charge < -0.3 is 14.9 Å². The summed E-state index contributed by atoms with van der Waals surface area (Å²) in [7, 11) is 0. The maximum Gasteiger partial charge on any atom is 0.225 e. The van der Waals surface area contributed by atoms with E-state index >= 15 is 0 Å². The van der Waals surface area contributed by atoms with E-state index in [2.05, 4.69) is 44.9 Å². The molecule has 180 valence electrons. The first-order chi connectivity index (χ1) is 14.7. The minimum atomic E-state index is -0.304. The van der Waals surface area contributed by atoms with Gasteiger partial charge in [-0.1, -0.05) is 73.6 Å². The van der Waals surface area contributed by atoms with Crippen molar-refractivity contribution < 1.29 is 9.90 Å². The average Bonchev–Trinajstić information content (AvgIpc) is 2.78. The van der Waals surface area contributed by atoms with Gasteiger partial charge in [-0.2, -0.15) is 0 Å². The molecule has 2 aliphatic heterocycles. The Morgan fingerprint density at radius 2 is 1.87 bits per heavy atom. The Labute approximate surface area is 193 Å². The van der Waals surface area contributed by atoms with Crippen LogP contribution in [-0.2, 0) is 4.79 Å². The van der Waals surface area contributed by atoms with E-state index in [4.69, 9.17) is 0 Å². The van der Waals surface area contributed by atoms with Crippen molar-refractivity contribution in [3.05, 3.63) is 36.1 Å². The van der Waals surface area contributed by atoms with E-state index in [0.29, 0.717) is 12.5 Å². The number of carbonyl (C=O) groups excluding carboxylic acids is 1. The molecule has 0 bridgehead atoms. The second-order valence-electron chi connectivity index (χ2n) is 8.86. The zero-order chi connectivity index (χ0) is 24.0. The van der Waals surface area contributed by atoms with Crippen LogP contribution in [0.5, 0.6) is 0 Å². The van der Waals surface area contributed by atoms with Crippen LogP contribution >= 0.6 is 0 Å². The SMILES string of the molecule is C=C1CCN(C(=C)C(C)CCCC)C/C1=C/C.CC.CC(C)C(=O)N1CCCC(O)C1. The molecule has 4 nitrogen and oxygen atoms in total. The van der Waals surface area contributed by atoms with E-state index in [-0.39, 0.29) is 17.9 Å². The maximum atomic E-state index is 11.5. The molecule has 2 aliphatic rings. The predicted octanol–water partition coefficient (Wildman–Crippen LogP) is 6.19. The van der Waals surface area contributed by atoms with Gasteiger partial charge in [0.1, 0.15) is 0 Å². The standard InChI is InChI=1S/C16H27N.C9H17NO2.C2H6/c1-6-8-9-13(3)15(5)17-11-10-14(4)16(7-2)12-17;1-7(2)9(12)10-5-3-4-8(11)6-10;1-2/h7,13H,4-6,8-12H2,1-3H3;7-8,11H,3-6H2,1-2H3;1-2H3/b16-7-;;. The zero-order valence-corrected chi connectivity index (χ0v) is 21.5. The number of piperidine rings is 2. The molecule has 0 radical (unpaired) electrons. The van der Waals surface area contributed by atoms with E-state index in [1.54, 1.807) is 4.90 Å². The monoisotopic (exact) mass is 434 g/mol. The Bertz CT molecular complexity index is 580. The van der Waals surface area contributed by atoms with Gasteiger partial charge in [0.15, 0.2) is 0 Å². The average molecular weight is 435 g/mol. The van der Waals surface area contributed by atoms with Gasteiger partial charge in [-0.05, 0) is 49.7 Å². The maximum absolute atomic E-state index is 11.5. The summed E-state index contributed by atoms with van der Waals surface area (Å²) in [5, 5.41) is 9.32.